The fraction of sp³-hybridized carbons (Fsp3) is 0.227. The topological polar surface area (TPSA) is 45.2 Å². The molecule has 29 heavy (non-hydrogen) atoms. The van der Waals surface area contributed by atoms with Crippen molar-refractivity contribution in [2.45, 2.75) is 6.92 Å². The lowest BCUT2D eigenvalue weighted by atomic mass is 10.0. The van der Waals surface area contributed by atoms with Gasteiger partial charge in [-0.25, -0.2) is 19.3 Å². The van der Waals surface area contributed by atoms with Gasteiger partial charge in [0, 0.05) is 42.8 Å². The number of hydrogen-bond acceptors (Lipinski definition) is 6. The first-order valence-electron chi connectivity index (χ1n) is 9.61. The van der Waals surface area contributed by atoms with Crippen LogP contribution in [-0.2, 0) is 0 Å². The third-order valence-electron chi connectivity index (χ3n) is 5.33. The van der Waals surface area contributed by atoms with E-state index in [9.17, 15) is 4.39 Å². The Morgan fingerprint density at radius 2 is 1.66 bits per heavy atom. The molecule has 5 rings (SSSR count). The van der Waals surface area contributed by atoms with E-state index < -0.39 is 0 Å². The van der Waals surface area contributed by atoms with Crippen molar-refractivity contribution in [3.8, 4) is 11.1 Å². The van der Waals surface area contributed by atoms with Gasteiger partial charge < -0.3 is 9.80 Å². The number of fused-ring (bicyclic) bond motifs is 1. The van der Waals surface area contributed by atoms with Gasteiger partial charge in [0.25, 0.3) is 0 Å². The van der Waals surface area contributed by atoms with Crippen LogP contribution in [0.25, 0.3) is 21.3 Å². The second-order valence-electron chi connectivity index (χ2n) is 7.08. The van der Waals surface area contributed by atoms with Crippen molar-refractivity contribution >= 4 is 33.2 Å². The summed E-state index contributed by atoms with van der Waals surface area (Å²) >= 11 is 1.66. The normalized spacial score (nSPS) is 14.6. The third-order valence-corrected chi connectivity index (χ3v) is 6.34. The Hall–Kier alpha value is -3.06. The van der Waals surface area contributed by atoms with Crippen LogP contribution in [0.1, 0.15) is 4.88 Å². The molecule has 0 aliphatic carbocycles. The average Bonchev–Trinajstić information content (AvgIpc) is 3.11. The van der Waals surface area contributed by atoms with E-state index in [-0.39, 0.29) is 5.82 Å². The SMILES string of the molecule is Cc1sc2ncnc(N3CCN(c4ccccn4)CC3)c2c1-c1ccc(F)cc1. The molecule has 0 atom stereocenters. The number of aryl methyl sites for hydroxylation is 1. The molecule has 0 bridgehead atoms. The minimum absolute atomic E-state index is 0.229. The first-order chi connectivity index (χ1) is 14.2. The maximum atomic E-state index is 13.4. The third kappa shape index (κ3) is 3.31. The molecule has 7 heteroatoms. The summed E-state index contributed by atoms with van der Waals surface area (Å²) in [6, 6.07) is 12.7. The molecule has 1 aliphatic rings. The van der Waals surface area contributed by atoms with E-state index in [1.165, 1.54) is 17.0 Å². The predicted octanol–water partition coefficient (Wildman–Crippen LogP) is 4.53. The molecule has 1 fully saturated rings. The van der Waals surface area contributed by atoms with Crippen molar-refractivity contribution in [3.05, 3.63) is 65.7 Å². The van der Waals surface area contributed by atoms with Crippen LogP contribution in [0.4, 0.5) is 16.0 Å². The van der Waals surface area contributed by atoms with E-state index in [0.717, 1.165) is 59.2 Å². The Kier molecular flexibility index (Phi) is 4.60. The van der Waals surface area contributed by atoms with Gasteiger partial charge in [-0.15, -0.1) is 11.3 Å². The maximum absolute atomic E-state index is 13.4. The van der Waals surface area contributed by atoms with E-state index in [4.69, 9.17) is 0 Å². The number of aromatic nitrogens is 3. The zero-order valence-electron chi connectivity index (χ0n) is 16.0. The van der Waals surface area contributed by atoms with Crippen LogP contribution in [0.5, 0.6) is 0 Å². The van der Waals surface area contributed by atoms with Crippen LogP contribution >= 0.6 is 11.3 Å². The van der Waals surface area contributed by atoms with Crippen LogP contribution < -0.4 is 9.80 Å². The van der Waals surface area contributed by atoms with Crippen molar-refractivity contribution in [3.63, 3.8) is 0 Å². The number of piperazine rings is 1. The smallest absolute Gasteiger partial charge is 0.141 e. The molecular weight excluding hydrogens is 385 g/mol. The maximum Gasteiger partial charge on any atom is 0.141 e. The minimum Gasteiger partial charge on any atom is -0.353 e. The lowest BCUT2D eigenvalue weighted by Gasteiger charge is -2.36. The minimum atomic E-state index is -0.229. The molecule has 1 aromatic carbocycles. The molecule has 0 N–H and O–H groups in total. The number of halogens is 1. The van der Waals surface area contributed by atoms with Crippen LogP contribution in [0, 0.1) is 12.7 Å². The molecule has 5 nitrogen and oxygen atoms in total. The largest absolute Gasteiger partial charge is 0.353 e. The van der Waals surface area contributed by atoms with Crippen LogP contribution in [-0.4, -0.2) is 41.1 Å². The molecule has 4 heterocycles. The van der Waals surface area contributed by atoms with Gasteiger partial charge in [-0.1, -0.05) is 18.2 Å². The van der Waals surface area contributed by atoms with Gasteiger partial charge >= 0.3 is 0 Å². The summed E-state index contributed by atoms with van der Waals surface area (Å²) in [6.45, 7) is 5.59. The number of thiophene rings is 1. The van der Waals surface area contributed by atoms with Gasteiger partial charge in [-0.05, 0) is 36.8 Å². The Balaban J connectivity index is 1.50. The molecule has 4 aromatic rings. The monoisotopic (exact) mass is 405 g/mol. The summed E-state index contributed by atoms with van der Waals surface area (Å²) < 4.78 is 13.4. The highest BCUT2D eigenvalue weighted by molar-refractivity contribution is 7.19. The van der Waals surface area contributed by atoms with Crippen molar-refractivity contribution < 1.29 is 4.39 Å². The summed E-state index contributed by atoms with van der Waals surface area (Å²) in [5.74, 6) is 1.74. The Morgan fingerprint density at radius 3 is 2.38 bits per heavy atom. The highest BCUT2D eigenvalue weighted by Gasteiger charge is 2.24. The zero-order valence-corrected chi connectivity index (χ0v) is 16.9. The number of anilines is 2. The van der Waals surface area contributed by atoms with Crippen LogP contribution in [0.15, 0.2) is 55.0 Å². The molecule has 1 aliphatic heterocycles. The van der Waals surface area contributed by atoms with Gasteiger partial charge in [0.2, 0.25) is 0 Å². The van der Waals surface area contributed by atoms with Crippen molar-refractivity contribution in [2.75, 3.05) is 36.0 Å². The second kappa shape index (κ2) is 7.40. The molecule has 3 aromatic heterocycles. The highest BCUT2D eigenvalue weighted by Crippen LogP contribution is 2.41. The Morgan fingerprint density at radius 1 is 0.897 bits per heavy atom. The fourth-order valence-corrected chi connectivity index (χ4v) is 4.93. The highest BCUT2D eigenvalue weighted by atomic mass is 32.1. The van der Waals surface area contributed by atoms with Gasteiger partial charge in [0.15, 0.2) is 0 Å². The first kappa shape index (κ1) is 18.0. The summed E-state index contributed by atoms with van der Waals surface area (Å²) in [5, 5.41) is 1.06. The molecule has 0 saturated carbocycles. The summed E-state index contributed by atoms with van der Waals surface area (Å²) in [5.41, 5.74) is 2.10. The van der Waals surface area contributed by atoms with Crippen molar-refractivity contribution in [2.24, 2.45) is 0 Å². The van der Waals surface area contributed by atoms with Crippen LogP contribution in [0.3, 0.4) is 0 Å². The van der Waals surface area contributed by atoms with E-state index in [1.807, 2.05) is 36.5 Å². The number of nitrogens with zero attached hydrogens (tertiary/aromatic N) is 5. The Labute approximate surface area is 172 Å². The van der Waals surface area contributed by atoms with Gasteiger partial charge in [-0.2, -0.15) is 0 Å². The number of benzene rings is 1. The lowest BCUT2D eigenvalue weighted by molar-refractivity contribution is 0.628. The molecule has 146 valence electrons. The predicted molar refractivity (Wildman–Crippen MR) is 116 cm³/mol. The zero-order chi connectivity index (χ0) is 19.8. The number of rotatable bonds is 3. The molecular formula is C22H20FN5S. The van der Waals surface area contributed by atoms with E-state index in [2.05, 4.69) is 31.7 Å². The lowest BCUT2D eigenvalue weighted by Crippen LogP contribution is -2.47. The van der Waals surface area contributed by atoms with E-state index >= 15 is 0 Å². The summed E-state index contributed by atoms with van der Waals surface area (Å²) in [6.07, 6.45) is 3.48. The van der Waals surface area contributed by atoms with E-state index in [1.54, 1.807) is 17.7 Å². The fourth-order valence-electron chi connectivity index (χ4n) is 3.92. The quantitative estimate of drug-likeness (QED) is 0.501. The first-order valence-corrected chi connectivity index (χ1v) is 10.4. The van der Waals surface area contributed by atoms with Crippen LogP contribution in [0.2, 0.25) is 0 Å². The standard InChI is InChI=1S/C22H20FN5S/c1-15-19(16-5-7-17(23)8-6-16)20-21(25-14-26-22(20)29-15)28-12-10-27(11-13-28)18-4-2-3-9-24-18/h2-9,14H,10-13H2,1H3. The van der Waals surface area contributed by atoms with Gasteiger partial charge in [0.05, 0.1) is 5.39 Å². The molecule has 0 radical (unpaired) electrons. The van der Waals surface area contributed by atoms with Crippen molar-refractivity contribution in [1.29, 1.82) is 0 Å². The van der Waals surface area contributed by atoms with Crippen molar-refractivity contribution in [1.82, 2.24) is 15.0 Å². The second-order valence-corrected chi connectivity index (χ2v) is 8.28. The molecule has 0 unspecified atom stereocenters. The summed E-state index contributed by atoms with van der Waals surface area (Å²) in [7, 11) is 0. The van der Waals surface area contributed by atoms with Gasteiger partial charge in [0.1, 0.15) is 28.6 Å². The van der Waals surface area contributed by atoms with E-state index in [0.29, 0.717) is 0 Å². The Bertz CT molecular complexity index is 1140. The average molecular weight is 406 g/mol. The molecule has 0 spiro atoms. The number of pyridine rings is 1. The number of hydrogen-bond donors (Lipinski definition) is 0. The molecule has 1 saturated heterocycles. The molecule has 0 amide bonds. The summed E-state index contributed by atoms with van der Waals surface area (Å²) in [4.78, 5) is 20.4. The van der Waals surface area contributed by atoms with Gasteiger partial charge in [-0.3, -0.25) is 0 Å².